The number of nitrogens with zero attached hydrogens (tertiary/aromatic N) is 2. The van der Waals surface area contributed by atoms with Crippen molar-refractivity contribution >= 4 is 28.9 Å². The second-order valence-corrected chi connectivity index (χ2v) is 4.23. The molecule has 1 aromatic carbocycles. The molecule has 0 unspecified atom stereocenters. The van der Waals surface area contributed by atoms with Crippen molar-refractivity contribution in [2.24, 2.45) is 10.1 Å². The Labute approximate surface area is 109 Å². The quantitative estimate of drug-likeness (QED) is 0.378. The first-order chi connectivity index (χ1) is 8.72. The first-order valence-electron chi connectivity index (χ1n) is 5.53. The summed E-state index contributed by atoms with van der Waals surface area (Å²) >= 11 is 5.75. The van der Waals surface area contributed by atoms with Crippen LogP contribution in [0, 0.1) is 0 Å². The molecule has 0 aromatic heterocycles. The van der Waals surface area contributed by atoms with Crippen LogP contribution in [0.15, 0.2) is 34.4 Å². The minimum atomic E-state index is -0.387. The van der Waals surface area contributed by atoms with Crippen molar-refractivity contribution < 1.29 is 10.0 Å². The minimum Gasteiger partial charge on any atom is -0.410 e. The van der Waals surface area contributed by atoms with Crippen molar-refractivity contribution in [1.82, 2.24) is 5.32 Å². The smallest absolute Gasteiger partial charge is 0.218 e. The summed E-state index contributed by atoms with van der Waals surface area (Å²) in [6.45, 7) is 1.33. The zero-order valence-corrected chi connectivity index (χ0v) is 10.3. The van der Waals surface area contributed by atoms with Crippen LogP contribution in [0.1, 0.15) is 16.8 Å². The minimum absolute atomic E-state index is 0.0722. The van der Waals surface area contributed by atoms with Crippen LogP contribution in [0.25, 0.3) is 0 Å². The Morgan fingerprint density at radius 2 is 2.11 bits per heavy atom. The van der Waals surface area contributed by atoms with E-state index in [1.54, 1.807) is 24.3 Å². The largest absolute Gasteiger partial charge is 0.410 e. The summed E-state index contributed by atoms with van der Waals surface area (Å²) in [6.07, 6.45) is 0.900. The molecule has 5 nitrogen and oxygen atoms in total. The maximum absolute atomic E-state index is 12.1. The van der Waals surface area contributed by atoms with E-state index in [9.17, 15) is 4.79 Å². The topological polar surface area (TPSA) is 74.0 Å². The number of carbonyl (C=O) groups is 1. The van der Waals surface area contributed by atoms with Crippen molar-refractivity contribution in [3.05, 3.63) is 34.9 Å². The van der Waals surface area contributed by atoms with Gasteiger partial charge >= 0.3 is 0 Å². The van der Waals surface area contributed by atoms with Gasteiger partial charge in [-0.25, -0.2) is 0 Å². The lowest BCUT2D eigenvalue weighted by atomic mass is 10.1. The number of carbonyl (C=O) groups excluding carboxylic acids is 1. The molecule has 0 saturated carbocycles. The number of ketones is 1. The lowest BCUT2D eigenvalue weighted by molar-refractivity contribution is 0.106. The maximum Gasteiger partial charge on any atom is 0.218 e. The van der Waals surface area contributed by atoms with Gasteiger partial charge in [0, 0.05) is 23.7 Å². The number of hydrogen-bond donors (Lipinski definition) is 2. The van der Waals surface area contributed by atoms with Gasteiger partial charge < -0.3 is 10.5 Å². The molecule has 2 N–H and O–H groups in total. The average Bonchev–Trinajstić information content (AvgIpc) is 2.41. The van der Waals surface area contributed by atoms with Gasteiger partial charge in [-0.3, -0.25) is 9.79 Å². The first-order valence-corrected chi connectivity index (χ1v) is 5.91. The highest BCUT2D eigenvalue weighted by atomic mass is 35.5. The van der Waals surface area contributed by atoms with Gasteiger partial charge in [-0.1, -0.05) is 16.8 Å². The van der Waals surface area contributed by atoms with Crippen LogP contribution in [0.3, 0.4) is 0 Å². The van der Waals surface area contributed by atoms with E-state index in [4.69, 9.17) is 16.8 Å². The van der Waals surface area contributed by atoms with E-state index in [0.717, 1.165) is 6.42 Å². The highest BCUT2D eigenvalue weighted by molar-refractivity contribution is 6.69. The van der Waals surface area contributed by atoms with Gasteiger partial charge in [0.1, 0.15) is 0 Å². The zero-order chi connectivity index (χ0) is 13.0. The van der Waals surface area contributed by atoms with Gasteiger partial charge in [0.15, 0.2) is 11.5 Å². The summed E-state index contributed by atoms with van der Waals surface area (Å²) in [7, 11) is 0. The second kappa shape index (κ2) is 5.64. The van der Waals surface area contributed by atoms with Crippen LogP contribution in [0.4, 0.5) is 0 Å². The van der Waals surface area contributed by atoms with Crippen LogP contribution in [-0.4, -0.2) is 35.6 Å². The highest BCUT2D eigenvalue weighted by Crippen LogP contribution is 2.11. The number of nitrogens with one attached hydrogen (secondary N) is 1. The van der Waals surface area contributed by atoms with E-state index in [2.05, 4.69) is 15.5 Å². The van der Waals surface area contributed by atoms with Crippen molar-refractivity contribution in [2.45, 2.75) is 6.42 Å². The summed E-state index contributed by atoms with van der Waals surface area (Å²) < 4.78 is 0. The SMILES string of the molecule is O=C(/C(=N/O)C1=NCCCN1)c1ccc(Cl)cc1. The van der Waals surface area contributed by atoms with Crippen molar-refractivity contribution in [2.75, 3.05) is 13.1 Å². The lowest BCUT2D eigenvalue weighted by Gasteiger charge is -2.14. The molecule has 0 radical (unpaired) electrons. The summed E-state index contributed by atoms with van der Waals surface area (Å²) in [5, 5.41) is 15.5. The fraction of sp³-hybridized carbons (Fsp3) is 0.250. The number of hydrogen-bond acceptors (Lipinski definition) is 5. The molecule has 1 aliphatic rings. The number of benzene rings is 1. The van der Waals surface area contributed by atoms with Crippen LogP contribution in [-0.2, 0) is 0 Å². The molecule has 1 heterocycles. The van der Waals surface area contributed by atoms with Crippen LogP contribution in [0.2, 0.25) is 5.02 Å². The standard InChI is InChI=1S/C12H12ClN3O2/c13-9-4-2-8(3-5-9)11(17)10(16-18)12-14-6-1-7-15-12/h2-5,18H,1,6-7H2,(H,14,15)/b16-10-. The summed E-state index contributed by atoms with van der Waals surface area (Å²) in [6, 6.07) is 6.39. The van der Waals surface area contributed by atoms with E-state index in [1.807, 2.05) is 0 Å². The third-order valence-electron chi connectivity index (χ3n) is 2.54. The third-order valence-corrected chi connectivity index (χ3v) is 2.80. The summed E-state index contributed by atoms with van der Waals surface area (Å²) in [4.78, 5) is 16.3. The summed E-state index contributed by atoms with van der Waals surface area (Å²) in [5.41, 5.74) is 0.333. The molecular weight excluding hydrogens is 254 g/mol. The molecule has 0 aliphatic carbocycles. The first kappa shape index (κ1) is 12.6. The van der Waals surface area contributed by atoms with Crippen LogP contribution >= 0.6 is 11.6 Å². The average molecular weight is 266 g/mol. The van der Waals surface area contributed by atoms with Crippen molar-refractivity contribution in [1.29, 1.82) is 0 Å². The molecule has 1 aliphatic heterocycles. The van der Waals surface area contributed by atoms with Gasteiger partial charge in [0.25, 0.3) is 0 Å². The molecular formula is C12H12ClN3O2. The van der Waals surface area contributed by atoms with Gasteiger partial charge in [-0.2, -0.15) is 0 Å². The Balaban J connectivity index is 2.25. The van der Waals surface area contributed by atoms with E-state index >= 15 is 0 Å². The Morgan fingerprint density at radius 1 is 1.39 bits per heavy atom. The molecule has 0 saturated heterocycles. The van der Waals surface area contributed by atoms with Crippen molar-refractivity contribution in [3.63, 3.8) is 0 Å². The molecule has 0 fully saturated rings. The predicted octanol–water partition coefficient (Wildman–Crippen LogP) is 1.74. The third kappa shape index (κ3) is 2.68. The summed E-state index contributed by atoms with van der Waals surface area (Å²) in [5.74, 6) is -0.0500. The van der Waals surface area contributed by atoms with Gasteiger partial charge in [0.05, 0.1) is 0 Å². The molecule has 1 aromatic rings. The van der Waals surface area contributed by atoms with E-state index in [0.29, 0.717) is 29.5 Å². The maximum atomic E-state index is 12.1. The van der Waals surface area contributed by atoms with E-state index < -0.39 is 0 Å². The number of amidine groups is 1. The van der Waals surface area contributed by atoms with Crippen molar-refractivity contribution in [3.8, 4) is 0 Å². The van der Waals surface area contributed by atoms with Gasteiger partial charge in [-0.15, -0.1) is 0 Å². The molecule has 0 amide bonds. The fourth-order valence-corrected chi connectivity index (χ4v) is 1.76. The highest BCUT2D eigenvalue weighted by Gasteiger charge is 2.21. The number of halogens is 1. The van der Waals surface area contributed by atoms with E-state index in [1.165, 1.54) is 0 Å². The normalized spacial score (nSPS) is 15.8. The molecule has 0 spiro atoms. The number of oxime groups is 1. The fourth-order valence-electron chi connectivity index (χ4n) is 1.63. The van der Waals surface area contributed by atoms with Gasteiger partial charge in [0.2, 0.25) is 5.78 Å². The Kier molecular flexibility index (Phi) is 3.94. The monoisotopic (exact) mass is 265 g/mol. The number of aliphatic imine (C=N–C) groups is 1. The Bertz CT molecular complexity index is 509. The number of rotatable bonds is 3. The van der Waals surface area contributed by atoms with E-state index in [-0.39, 0.29) is 11.5 Å². The lowest BCUT2D eigenvalue weighted by Crippen LogP contribution is -2.39. The molecule has 2 rings (SSSR count). The van der Waals surface area contributed by atoms with Crippen LogP contribution < -0.4 is 5.32 Å². The second-order valence-electron chi connectivity index (χ2n) is 3.80. The molecule has 6 heteroatoms. The van der Waals surface area contributed by atoms with Crippen LogP contribution in [0.5, 0.6) is 0 Å². The Morgan fingerprint density at radius 3 is 2.67 bits per heavy atom. The Hall–Kier alpha value is -1.88. The molecule has 0 bridgehead atoms. The zero-order valence-electron chi connectivity index (χ0n) is 9.56. The molecule has 94 valence electrons. The predicted molar refractivity (Wildman–Crippen MR) is 69.9 cm³/mol. The molecule has 18 heavy (non-hydrogen) atoms. The van der Waals surface area contributed by atoms with Gasteiger partial charge in [-0.05, 0) is 30.7 Å². The number of Topliss-reactive ketones (excluding diaryl/α,β-unsaturated/α-hetero) is 1. The molecule has 0 atom stereocenters.